The van der Waals surface area contributed by atoms with Crippen molar-refractivity contribution in [1.82, 2.24) is 5.32 Å². The summed E-state index contributed by atoms with van der Waals surface area (Å²) in [6, 6.07) is 7.12. The van der Waals surface area contributed by atoms with E-state index in [1.54, 1.807) is 0 Å². The summed E-state index contributed by atoms with van der Waals surface area (Å²) in [5.74, 6) is 1.06. The highest BCUT2D eigenvalue weighted by Crippen LogP contribution is 2.39. The van der Waals surface area contributed by atoms with Gasteiger partial charge in [-0.05, 0) is 44.9 Å². The van der Waals surface area contributed by atoms with Gasteiger partial charge in [-0.2, -0.15) is 0 Å². The minimum Gasteiger partial charge on any atom is -0.487 e. The van der Waals surface area contributed by atoms with Crippen LogP contribution in [-0.4, -0.2) is 12.1 Å². The first-order valence-electron chi connectivity index (χ1n) is 7.61. The summed E-state index contributed by atoms with van der Waals surface area (Å²) in [5, 5.41) is 3.67. The average molecular weight is 261 g/mol. The molecule has 2 heteroatoms. The third-order valence-corrected chi connectivity index (χ3v) is 3.71. The lowest BCUT2D eigenvalue weighted by Gasteiger charge is -2.38. The molecule has 2 nitrogen and oxygen atoms in total. The van der Waals surface area contributed by atoms with Crippen LogP contribution in [0.1, 0.15) is 64.1 Å². The lowest BCUT2D eigenvalue weighted by molar-refractivity contribution is 0.0661. The first-order chi connectivity index (χ1) is 9.05. The maximum atomic E-state index is 6.12. The van der Waals surface area contributed by atoms with Crippen LogP contribution in [0.3, 0.4) is 0 Å². The van der Waals surface area contributed by atoms with E-state index in [1.807, 2.05) is 0 Å². The molecule has 1 aromatic rings. The molecule has 0 radical (unpaired) electrons. The van der Waals surface area contributed by atoms with Crippen LogP contribution in [0.4, 0.5) is 0 Å². The Kier molecular flexibility index (Phi) is 4.51. The van der Waals surface area contributed by atoms with Crippen molar-refractivity contribution in [3.63, 3.8) is 0 Å². The first-order valence-corrected chi connectivity index (χ1v) is 7.61. The molecule has 0 bridgehead atoms. The van der Waals surface area contributed by atoms with Crippen molar-refractivity contribution in [3.05, 3.63) is 29.3 Å². The van der Waals surface area contributed by atoms with Crippen molar-refractivity contribution in [2.24, 2.45) is 0 Å². The second-order valence-electron chi connectivity index (χ2n) is 6.19. The molecule has 1 heterocycles. The lowest BCUT2D eigenvalue weighted by Crippen LogP contribution is -2.39. The van der Waals surface area contributed by atoms with E-state index in [4.69, 9.17) is 4.74 Å². The second kappa shape index (κ2) is 5.96. The molecule has 1 aliphatic rings. The topological polar surface area (TPSA) is 21.3 Å². The molecule has 0 saturated heterocycles. The van der Waals surface area contributed by atoms with Gasteiger partial charge in [-0.1, -0.05) is 32.4 Å². The van der Waals surface area contributed by atoms with Crippen molar-refractivity contribution >= 4 is 0 Å². The van der Waals surface area contributed by atoms with Crippen LogP contribution in [0.15, 0.2) is 18.2 Å². The van der Waals surface area contributed by atoms with Crippen LogP contribution in [-0.2, 0) is 6.42 Å². The van der Waals surface area contributed by atoms with E-state index >= 15 is 0 Å². The number of aryl methyl sites for hydroxylation is 1. The summed E-state index contributed by atoms with van der Waals surface area (Å²) in [7, 11) is 0. The van der Waals surface area contributed by atoms with Gasteiger partial charge in [-0.3, -0.25) is 0 Å². The number of fused-ring (bicyclic) bond motifs is 1. The van der Waals surface area contributed by atoms with Crippen LogP contribution in [0.2, 0.25) is 0 Å². The third-order valence-electron chi connectivity index (χ3n) is 3.71. The monoisotopic (exact) mass is 261 g/mol. The SMILES string of the molecule is CCCNC1CC(C)(C)Oc2ccc(CCC)cc21. The molecule has 0 amide bonds. The number of rotatable bonds is 5. The van der Waals surface area contributed by atoms with E-state index in [9.17, 15) is 0 Å². The maximum absolute atomic E-state index is 6.12. The Hall–Kier alpha value is -1.02. The van der Waals surface area contributed by atoms with Crippen LogP contribution in [0.5, 0.6) is 5.75 Å². The van der Waals surface area contributed by atoms with Crippen molar-refractivity contribution in [1.29, 1.82) is 0 Å². The van der Waals surface area contributed by atoms with Gasteiger partial charge in [0.1, 0.15) is 11.4 Å². The fraction of sp³-hybridized carbons (Fsp3) is 0.647. The number of ether oxygens (including phenoxy) is 1. The fourth-order valence-corrected chi connectivity index (χ4v) is 2.85. The quantitative estimate of drug-likeness (QED) is 0.856. The van der Waals surface area contributed by atoms with Gasteiger partial charge in [-0.15, -0.1) is 0 Å². The van der Waals surface area contributed by atoms with Crippen LogP contribution < -0.4 is 10.1 Å². The minimum absolute atomic E-state index is 0.0787. The molecule has 2 rings (SSSR count). The molecule has 1 aliphatic heterocycles. The highest BCUT2D eigenvalue weighted by Gasteiger charge is 2.33. The normalized spacial score (nSPS) is 20.7. The zero-order valence-corrected chi connectivity index (χ0v) is 12.8. The predicted octanol–water partition coefficient (Wildman–Crippen LogP) is 4.24. The van der Waals surface area contributed by atoms with Crippen molar-refractivity contribution < 1.29 is 4.74 Å². The standard InChI is InChI=1S/C17H27NO/c1-5-7-13-8-9-16-14(11-13)15(18-10-6-2)12-17(3,4)19-16/h8-9,11,15,18H,5-7,10,12H2,1-4H3. The van der Waals surface area contributed by atoms with Crippen molar-refractivity contribution in [2.45, 2.75) is 65.0 Å². The van der Waals surface area contributed by atoms with Gasteiger partial charge in [0, 0.05) is 18.0 Å². The van der Waals surface area contributed by atoms with E-state index in [-0.39, 0.29) is 5.60 Å². The Labute approximate surface area is 117 Å². The summed E-state index contributed by atoms with van der Waals surface area (Å²) in [6.07, 6.45) is 4.55. The number of nitrogens with one attached hydrogen (secondary N) is 1. The van der Waals surface area contributed by atoms with Gasteiger partial charge in [0.05, 0.1) is 0 Å². The van der Waals surface area contributed by atoms with Gasteiger partial charge < -0.3 is 10.1 Å². The minimum atomic E-state index is -0.0787. The highest BCUT2D eigenvalue weighted by molar-refractivity contribution is 5.42. The summed E-state index contributed by atoms with van der Waals surface area (Å²) < 4.78 is 6.12. The predicted molar refractivity (Wildman–Crippen MR) is 80.8 cm³/mol. The summed E-state index contributed by atoms with van der Waals surface area (Å²) in [5.41, 5.74) is 2.69. The Morgan fingerprint density at radius 1 is 1.26 bits per heavy atom. The van der Waals surface area contributed by atoms with Gasteiger partial charge in [-0.25, -0.2) is 0 Å². The number of hydrogen-bond acceptors (Lipinski definition) is 2. The van der Waals surface area contributed by atoms with E-state index in [0.29, 0.717) is 6.04 Å². The summed E-state index contributed by atoms with van der Waals surface area (Å²) in [6.45, 7) is 9.86. The molecule has 0 spiro atoms. The van der Waals surface area contributed by atoms with Gasteiger partial charge in [0.2, 0.25) is 0 Å². The molecule has 0 aromatic heterocycles. The van der Waals surface area contributed by atoms with Crippen LogP contribution in [0, 0.1) is 0 Å². The first kappa shape index (κ1) is 14.4. The fourth-order valence-electron chi connectivity index (χ4n) is 2.85. The lowest BCUT2D eigenvalue weighted by atomic mass is 9.88. The second-order valence-corrected chi connectivity index (χ2v) is 6.19. The van der Waals surface area contributed by atoms with Gasteiger partial charge >= 0.3 is 0 Å². The molecule has 1 aromatic carbocycles. The summed E-state index contributed by atoms with van der Waals surface area (Å²) in [4.78, 5) is 0. The number of hydrogen-bond donors (Lipinski definition) is 1. The Morgan fingerprint density at radius 3 is 2.74 bits per heavy atom. The largest absolute Gasteiger partial charge is 0.487 e. The molecule has 0 aliphatic carbocycles. The number of benzene rings is 1. The zero-order valence-electron chi connectivity index (χ0n) is 12.8. The molecule has 106 valence electrons. The maximum Gasteiger partial charge on any atom is 0.124 e. The third kappa shape index (κ3) is 3.50. The average Bonchev–Trinajstić information content (AvgIpc) is 2.36. The van der Waals surface area contributed by atoms with Gasteiger partial charge in [0.15, 0.2) is 0 Å². The molecule has 1 N–H and O–H groups in total. The van der Waals surface area contributed by atoms with E-state index < -0.39 is 0 Å². The highest BCUT2D eigenvalue weighted by atomic mass is 16.5. The Balaban J connectivity index is 2.28. The Morgan fingerprint density at radius 2 is 2.05 bits per heavy atom. The smallest absolute Gasteiger partial charge is 0.124 e. The Bertz CT molecular complexity index is 425. The molecule has 1 unspecified atom stereocenters. The molecule has 0 fully saturated rings. The van der Waals surface area contributed by atoms with Crippen molar-refractivity contribution in [2.75, 3.05) is 6.54 Å². The van der Waals surface area contributed by atoms with E-state index in [1.165, 1.54) is 24.0 Å². The van der Waals surface area contributed by atoms with Crippen LogP contribution in [0.25, 0.3) is 0 Å². The molecular weight excluding hydrogens is 234 g/mol. The van der Waals surface area contributed by atoms with Crippen molar-refractivity contribution in [3.8, 4) is 5.75 Å². The van der Waals surface area contributed by atoms with Gasteiger partial charge in [0.25, 0.3) is 0 Å². The molecular formula is C17H27NO. The molecule has 1 atom stereocenters. The summed E-state index contributed by atoms with van der Waals surface area (Å²) >= 11 is 0. The molecule has 19 heavy (non-hydrogen) atoms. The molecule has 0 saturated carbocycles. The van der Waals surface area contributed by atoms with E-state index in [0.717, 1.165) is 25.1 Å². The van der Waals surface area contributed by atoms with E-state index in [2.05, 4.69) is 51.2 Å². The zero-order chi connectivity index (χ0) is 13.9. The van der Waals surface area contributed by atoms with Crippen LogP contribution >= 0.6 is 0 Å².